The van der Waals surface area contributed by atoms with Crippen molar-refractivity contribution in [3.05, 3.63) is 47.0 Å². The zero-order chi connectivity index (χ0) is 12.6. The van der Waals surface area contributed by atoms with Gasteiger partial charge in [0.2, 0.25) is 0 Å². The Morgan fingerprint density at radius 3 is 2.24 bits per heavy atom. The van der Waals surface area contributed by atoms with E-state index in [-0.39, 0.29) is 11.4 Å². The molecule has 0 radical (unpaired) electrons. The van der Waals surface area contributed by atoms with Crippen molar-refractivity contribution in [2.45, 2.75) is 6.92 Å². The van der Waals surface area contributed by atoms with E-state index in [9.17, 15) is 18.0 Å². The molecule has 2 aromatic rings. The minimum atomic E-state index is -1.53. The molecule has 3 nitrogen and oxygen atoms in total. The predicted molar refractivity (Wildman–Crippen MR) is 53.6 cm³/mol. The van der Waals surface area contributed by atoms with Gasteiger partial charge in [-0.05, 0) is 13.0 Å². The first kappa shape index (κ1) is 11.4. The molecule has 1 aromatic carbocycles. The summed E-state index contributed by atoms with van der Waals surface area (Å²) in [7, 11) is 0. The van der Waals surface area contributed by atoms with Crippen LogP contribution in [-0.2, 0) is 0 Å². The molecule has 0 unspecified atom stereocenters. The molecule has 0 fully saturated rings. The summed E-state index contributed by atoms with van der Waals surface area (Å²) in [4.78, 5) is 10.5. The van der Waals surface area contributed by atoms with Crippen molar-refractivity contribution in [1.29, 1.82) is 0 Å². The number of hydrogen-bond acceptors (Lipinski definition) is 2. The first-order chi connectivity index (χ1) is 8.02. The summed E-state index contributed by atoms with van der Waals surface area (Å²) in [5.74, 6) is -4.14. The molecule has 0 bridgehead atoms. The second kappa shape index (κ2) is 4.04. The molecule has 0 aliphatic rings. The van der Waals surface area contributed by atoms with Gasteiger partial charge in [0.05, 0.1) is 5.69 Å². The van der Waals surface area contributed by atoms with E-state index >= 15 is 0 Å². The molecule has 0 aliphatic carbocycles. The summed E-state index contributed by atoms with van der Waals surface area (Å²) >= 11 is 0. The topological polar surface area (TPSA) is 34.9 Å². The molecule has 2 rings (SSSR count). The average Bonchev–Trinajstić information content (AvgIpc) is 2.67. The van der Waals surface area contributed by atoms with E-state index in [1.807, 2.05) is 0 Å². The Kier molecular flexibility index (Phi) is 2.71. The zero-order valence-corrected chi connectivity index (χ0v) is 8.75. The number of aromatic nitrogens is 2. The fraction of sp³-hybridized carbons (Fsp3) is 0.0909. The van der Waals surface area contributed by atoms with Crippen LogP contribution in [0.3, 0.4) is 0 Å². The van der Waals surface area contributed by atoms with Gasteiger partial charge >= 0.3 is 0 Å². The Morgan fingerprint density at radius 2 is 1.76 bits per heavy atom. The van der Waals surface area contributed by atoms with E-state index in [2.05, 4.69) is 5.10 Å². The van der Waals surface area contributed by atoms with Crippen LogP contribution in [0.4, 0.5) is 13.2 Å². The second-order valence-electron chi connectivity index (χ2n) is 3.46. The molecule has 0 saturated heterocycles. The van der Waals surface area contributed by atoms with Crippen LogP contribution in [0.2, 0.25) is 0 Å². The molecular formula is C11H7F3N2O. The number of hydrogen-bond donors (Lipinski definition) is 0. The minimum absolute atomic E-state index is 0.0204. The predicted octanol–water partition coefficient (Wildman–Crippen LogP) is 2.41. The van der Waals surface area contributed by atoms with Crippen molar-refractivity contribution in [2.75, 3.05) is 0 Å². The highest BCUT2D eigenvalue weighted by Gasteiger charge is 2.13. The monoisotopic (exact) mass is 240 g/mol. The molecule has 1 heterocycles. The Bertz CT molecular complexity index is 569. The van der Waals surface area contributed by atoms with Gasteiger partial charge in [-0.2, -0.15) is 5.10 Å². The van der Waals surface area contributed by atoms with Gasteiger partial charge in [-0.1, -0.05) is 0 Å². The van der Waals surface area contributed by atoms with Crippen molar-refractivity contribution in [2.24, 2.45) is 0 Å². The quantitative estimate of drug-likeness (QED) is 0.596. The average molecular weight is 240 g/mol. The van der Waals surface area contributed by atoms with Crippen molar-refractivity contribution in [3.8, 4) is 5.69 Å². The Morgan fingerprint density at radius 1 is 1.18 bits per heavy atom. The molecule has 6 heteroatoms. The number of aldehydes is 1. The van der Waals surface area contributed by atoms with E-state index in [1.165, 1.54) is 6.07 Å². The smallest absolute Gasteiger partial charge is 0.194 e. The third kappa shape index (κ3) is 1.93. The molecule has 0 saturated carbocycles. The number of rotatable bonds is 2. The van der Waals surface area contributed by atoms with Crippen molar-refractivity contribution in [1.82, 2.24) is 9.78 Å². The van der Waals surface area contributed by atoms with Gasteiger partial charge in [0, 0.05) is 17.8 Å². The van der Waals surface area contributed by atoms with E-state index < -0.39 is 17.5 Å². The summed E-state index contributed by atoms with van der Waals surface area (Å²) in [6.45, 7) is 1.61. The van der Waals surface area contributed by atoms with E-state index in [0.29, 0.717) is 12.0 Å². The number of halogens is 3. The van der Waals surface area contributed by atoms with E-state index in [1.54, 1.807) is 6.92 Å². The van der Waals surface area contributed by atoms with Crippen molar-refractivity contribution in [3.63, 3.8) is 0 Å². The van der Waals surface area contributed by atoms with Gasteiger partial charge in [-0.25, -0.2) is 17.9 Å². The van der Waals surface area contributed by atoms with Crippen LogP contribution >= 0.6 is 0 Å². The highest BCUT2D eigenvalue weighted by atomic mass is 19.2. The van der Waals surface area contributed by atoms with E-state index in [0.717, 1.165) is 16.8 Å². The Hall–Kier alpha value is -2.11. The van der Waals surface area contributed by atoms with Crippen LogP contribution in [0.5, 0.6) is 0 Å². The maximum Gasteiger partial charge on any atom is 0.194 e. The fourth-order valence-corrected chi connectivity index (χ4v) is 1.48. The molecule has 0 atom stereocenters. The van der Waals surface area contributed by atoms with Gasteiger partial charge in [-0.3, -0.25) is 4.79 Å². The van der Waals surface area contributed by atoms with Crippen molar-refractivity contribution >= 4 is 6.29 Å². The second-order valence-corrected chi connectivity index (χ2v) is 3.46. The standard InChI is InChI=1S/C11H7F3N2O/c1-6-2-7(5-17)15-16(6)8-3-9(12)11(14)10(13)4-8/h2-5H,1H3. The Balaban J connectivity index is 2.60. The maximum absolute atomic E-state index is 13.0. The van der Waals surface area contributed by atoms with Crippen LogP contribution in [0.1, 0.15) is 16.2 Å². The number of aryl methyl sites for hydroxylation is 1. The highest BCUT2D eigenvalue weighted by Crippen LogP contribution is 2.18. The summed E-state index contributed by atoms with van der Waals surface area (Å²) in [6.07, 6.45) is 0.514. The minimum Gasteiger partial charge on any atom is -0.296 e. The van der Waals surface area contributed by atoms with Gasteiger partial charge < -0.3 is 0 Å². The SMILES string of the molecule is Cc1cc(C=O)nn1-c1cc(F)c(F)c(F)c1. The summed E-state index contributed by atoms with van der Waals surface area (Å²) in [6, 6.07) is 3.08. The molecule has 88 valence electrons. The molecule has 0 spiro atoms. The fourth-order valence-electron chi connectivity index (χ4n) is 1.48. The van der Waals surface area contributed by atoms with Crippen LogP contribution < -0.4 is 0 Å². The lowest BCUT2D eigenvalue weighted by molar-refractivity contribution is 0.111. The largest absolute Gasteiger partial charge is 0.296 e. The first-order valence-electron chi connectivity index (χ1n) is 4.69. The van der Waals surface area contributed by atoms with Gasteiger partial charge in [0.1, 0.15) is 5.69 Å². The van der Waals surface area contributed by atoms with Crippen LogP contribution in [0.15, 0.2) is 18.2 Å². The zero-order valence-electron chi connectivity index (χ0n) is 8.75. The normalized spacial score (nSPS) is 10.6. The summed E-state index contributed by atoms with van der Waals surface area (Å²) < 4.78 is 40.0. The van der Waals surface area contributed by atoms with Gasteiger partial charge in [-0.15, -0.1) is 0 Å². The molecule has 1 aromatic heterocycles. The van der Waals surface area contributed by atoms with Crippen molar-refractivity contribution < 1.29 is 18.0 Å². The highest BCUT2D eigenvalue weighted by molar-refractivity contribution is 5.71. The maximum atomic E-state index is 13.0. The summed E-state index contributed by atoms with van der Waals surface area (Å²) in [5.41, 5.74) is 0.664. The molecule has 0 amide bonds. The first-order valence-corrected chi connectivity index (χ1v) is 4.69. The number of benzene rings is 1. The van der Waals surface area contributed by atoms with Gasteiger partial charge in [0.25, 0.3) is 0 Å². The third-order valence-electron chi connectivity index (χ3n) is 2.24. The van der Waals surface area contributed by atoms with Crippen LogP contribution in [0, 0.1) is 24.4 Å². The Labute approximate surface area is 94.5 Å². The summed E-state index contributed by atoms with van der Waals surface area (Å²) in [5, 5.41) is 3.80. The van der Waals surface area contributed by atoms with E-state index in [4.69, 9.17) is 0 Å². The van der Waals surface area contributed by atoms with Gasteiger partial charge in [0.15, 0.2) is 23.7 Å². The lowest BCUT2D eigenvalue weighted by Gasteiger charge is -2.05. The lowest BCUT2D eigenvalue weighted by Crippen LogP contribution is -2.02. The lowest BCUT2D eigenvalue weighted by atomic mass is 10.3. The van der Waals surface area contributed by atoms with Crippen LogP contribution in [0.25, 0.3) is 5.69 Å². The number of nitrogens with zero attached hydrogens (tertiary/aromatic N) is 2. The van der Waals surface area contributed by atoms with Crippen LogP contribution in [-0.4, -0.2) is 16.1 Å². The third-order valence-corrected chi connectivity index (χ3v) is 2.24. The molecular weight excluding hydrogens is 233 g/mol. The molecule has 17 heavy (non-hydrogen) atoms. The number of carbonyl (C=O) groups is 1. The molecule has 0 aliphatic heterocycles. The number of carbonyl (C=O) groups excluding carboxylic acids is 1. The molecule has 0 N–H and O–H groups in total.